The number of hydrogen-bond acceptors (Lipinski definition) is 4. The Morgan fingerprint density at radius 3 is 2.43 bits per heavy atom. The van der Waals surface area contributed by atoms with Gasteiger partial charge in [-0.1, -0.05) is 0 Å². The van der Waals surface area contributed by atoms with E-state index in [0.717, 1.165) is 0 Å². The normalized spacial score (nSPS) is 24.6. The third-order valence-corrected chi connectivity index (χ3v) is 2.10. The van der Waals surface area contributed by atoms with Gasteiger partial charge in [0.05, 0.1) is 12.1 Å². The first-order valence-electron chi connectivity index (χ1n) is 4.43. The van der Waals surface area contributed by atoms with Crippen molar-refractivity contribution in [2.45, 2.75) is 26.3 Å². The largest absolute Gasteiger partial charge is 0.465 e. The Kier molecular flexibility index (Phi) is 2.59. The van der Waals surface area contributed by atoms with Gasteiger partial charge in [-0.3, -0.25) is 14.4 Å². The summed E-state index contributed by atoms with van der Waals surface area (Å²) in [5, 5.41) is 2.44. The lowest BCUT2D eigenvalue weighted by molar-refractivity contribution is -0.153. The van der Waals surface area contributed by atoms with E-state index in [0.29, 0.717) is 0 Å². The number of carbonyl (C=O) groups excluding carboxylic acids is 3. The molecular formula is C9H13NO4. The number of Topliss-reactive ketones (excluding diaryl/α,β-unsaturated/α-hetero) is 1. The molecule has 0 aromatic heterocycles. The first-order valence-corrected chi connectivity index (χ1v) is 4.43. The van der Waals surface area contributed by atoms with Crippen LogP contribution < -0.4 is 5.32 Å². The van der Waals surface area contributed by atoms with Crippen molar-refractivity contribution in [3.05, 3.63) is 0 Å². The zero-order valence-electron chi connectivity index (χ0n) is 8.42. The zero-order chi connectivity index (χ0) is 10.9. The van der Waals surface area contributed by atoms with Crippen molar-refractivity contribution < 1.29 is 19.1 Å². The second-order valence-electron chi connectivity index (χ2n) is 3.66. The SMILES string of the molecule is CCOC(=O)C1C(=O)NC(C)(C)C1=O. The molecule has 0 spiro atoms. The molecular weight excluding hydrogens is 186 g/mol. The smallest absolute Gasteiger partial charge is 0.326 e. The lowest BCUT2D eigenvalue weighted by atomic mass is 9.95. The van der Waals surface area contributed by atoms with Gasteiger partial charge in [-0.05, 0) is 20.8 Å². The van der Waals surface area contributed by atoms with Crippen LogP contribution in [-0.2, 0) is 19.1 Å². The van der Waals surface area contributed by atoms with Gasteiger partial charge in [0.2, 0.25) is 5.91 Å². The first-order chi connectivity index (χ1) is 6.40. The van der Waals surface area contributed by atoms with E-state index in [1.54, 1.807) is 20.8 Å². The molecule has 1 unspecified atom stereocenters. The molecule has 1 amide bonds. The van der Waals surface area contributed by atoms with Crippen molar-refractivity contribution in [2.75, 3.05) is 6.61 Å². The van der Waals surface area contributed by atoms with Crippen LogP contribution in [0.4, 0.5) is 0 Å². The average molecular weight is 199 g/mol. The molecule has 0 saturated carbocycles. The average Bonchev–Trinajstić information content (AvgIpc) is 2.22. The van der Waals surface area contributed by atoms with E-state index in [-0.39, 0.29) is 6.61 Å². The second kappa shape index (κ2) is 3.40. The van der Waals surface area contributed by atoms with Gasteiger partial charge < -0.3 is 10.1 Å². The standard InChI is InChI=1S/C9H13NO4/c1-4-14-8(13)5-6(11)9(2,3)10-7(5)12/h5H,4H2,1-3H3,(H,10,12). The van der Waals surface area contributed by atoms with Crippen molar-refractivity contribution in [3.63, 3.8) is 0 Å². The van der Waals surface area contributed by atoms with Gasteiger partial charge in [0.1, 0.15) is 0 Å². The minimum atomic E-state index is -1.29. The van der Waals surface area contributed by atoms with Gasteiger partial charge in [-0.25, -0.2) is 0 Å². The van der Waals surface area contributed by atoms with Crippen molar-refractivity contribution in [1.82, 2.24) is 5.32 Å². The summed E-state index contributed by atoms with van der Waals surface area (Å²) in [7, 11) is 0. The highest BCUT2D eigenvalue weighted by atomic mass is 16.5. The minimum absolute atomic E-state index is 0.163. The summed E-state index contributed by atoms with van der Waals surface area (Å²) in [6.07, 6.45) is 0. The molecule has 1 atom stereocenters. The number of esters is 1. The van der Waals surface area contributed by atoms with Gasteiger partial charge in [-0.2, -0.15) is 0 Å². The molecule has 1 saturated heterocycles. The van der Waals surface area contributed by atoms with Crippen LogP contribution in [0.25, 0.3) is 0 Å². The molecule has 5 nitrogen and oxygen atoms in total. The fourth-order valence-corrected chi connectivity index (χ4v) is 1.36. The van der Waals surface area contributed by atoms with E-state index in [2.05, 4.69) is 10.1 Å². The van der Waals surface area contributed by atoms with Crippen molar-refractivity contribution in [3.8, 4) is 0 Å². The number of hydrogen-bond donors (Lipinski definition) is 1. The number of ketones is 1. The summed E-state index contributed by atoms with van der Waals surface area (Å²) < 4.78 is 4.64. The van der Waals surface area contributed by atoms with Gasteiger partial charge >= 0.3 is 5.97 Å². The number of amides is 1. The molecule has 0 aliphatic carbocycles. The lowest BCUT2D eigenvalue weighted by Crippen LogP contribution is -2.40. The second-order valence-corrected chi connectivity index (χ2v) is 3.66. The van der Waals surface area contributed by atoms with Gasteiger partial charge in [0, 0.05) is 0 Å². The van der Waals surface area contributed by atoms with Gasteiger partial charge in [0.25, 0.3) is 0 Å². The van der Waals surface area contributed by atoms with Crippen molar-refractivity contribution in [2.24, 2.45) is 5.92 Å². The summed E-state index contributed by atoms with van der Waals surface area (Å²) in [5.74, 6) is -3.05. The monoisotopic (exact) mass is 199 g/mol. The van der Waals surface area contributed by atoms with Crippen LogP contribution in [-0.4, -0.2) is 29.8 Å². The van der Waals surface area contributed by atoms with Gasteiger partial charge in [0.15, 0.2) is 11.7 Å². The third kappa shape index (κ3) is 1.62. The summed E-state index contributed by atoms with van der Waals surface area (Å²) in [6.45, 7) is 4.91. The molecule has 1 rings (SSSR count). The Bertz CT molecular complexity index is 295. The molecule has 1 fully saturated rings. The maximum Gasteiger partial charge on any atom is 0.326 e. The van der Waals surface area contributed by atoms with E-state index in [4.69, 9.17) is 0 Å². The maximum atomic E-state index is 11.6. The predicted molar refractivity (Wildman–Crippen MR) is 47.4 cm³/mol. The lowest BCUT2D eigenvalue weighted by Gasteiger charge is -2.14. The molecule has 5 heteroatoms. The van der Waals surface area contributed by atoms with E-state index >= 15 is 0 Å². The molecule has 78 valence electrons. The molecule has 0 radical (unpaired) electrons. The van der Waals surface area contributed by atoms with Crippen LogP contribution in [0, 0.1) is 5.92 Å². The quantitative estimate of drug-likeness (QED) is 0.487. The Hall–Kier alpha value is -1.39. The van der Waals surface area contributed by atoms with Gasteiger partial charge in [-0.15, -0.1) is 0 Å². The number of rotatable bonds is 2. The molecule has 1 N–H and O–H groups in total. The molecule has 14 heavy (non-hydrogen) atoms. The van der Waals surface area contributed by atoms with E-state index in [1.807, 2.05) is 0 Å². The maximum absolute atomic E-state index is 11.6. The zero-order valence-corrected chi connectivity index (χ0v) is 8.42. The van der Waals surface area contributed by atoms with E-state index in [1.165, 1.54) is 0 Å². The van der Waals surface area contributed by atoms with Crippen LogP contribution in [0.2, 0.25) is 0 Å². The molecule has 1 heterocycles. The first kappa shape index (κ1) is 10.7. The van der Waals surface area contributed by atoms with Crippen molar-refractivity contribution in [1.29, 1.82) is 0 Å². The molecule has 1 aliphatic heterocycles. The highest BCUT2D eigenvalue weighted by Gasteiger charge is 2.50. The number of nitrogens with one attached hydrogen (secondary N) is 1. The Labute approximate surface area is 81.8 Å². The topological polar surface area (TPSA) is 72.5 Å². The summed E-state index contributed by atoms with van der Waals surface area (Å²) in [6, 6.07) is 0. The van der Waals surface area contributed by atoms with Crippen LogP contribution in [0.5, 0.6) is 0 Å². The molecule has 0 bridgehead atoms. The van der Waals surface area contributed by atoms with E-state index < -0.39 is 29.1 Å². The molecule has 1 aliphatic rings. The number of carbonyl (C=O) groups is 3. The fourth-order valence-electron chi connectivity index (χ4n) is 1.36. The van der Waals surface area contributed by atoms with Crippen molar-refractivity contribution >= 4 is 17.7 Å². The summed E-state index contributed by atoms with van der Waals surface area (Å²) in [5.41, 5.74) is -0.964. The number of ether oxygens (including phenoxy) is 1. The minimum Gasteiger partial charge on any atom is -0.465 e. The van der Waals surface area contributed by atoms with Crippen LogP contribution in [0.1, 0.15) is 20.8 Å². The highest BCUT2D eigenvalue weighted by molar-refractivity contribution is 6.24. The predicted octanol–water partition coefficient (Wildman–Crippen LogP) is -0.357. The Morgan fingerprint density at radius 2 is 2.07 bits per heavy atom. The summed E-state index contributed by atoms with van der Waals surface area (Å²) >= 11 is 0. The highest BCUT2D eigenvalue weighted by Crippen LogP contribution is 2.21. The van der Waals surface area contributed by atoms with E-state index in [9.17, 15) is 14.4 Å². The van der Waals surface area contributed by atoms with Crippen LogP contribution >= 0.6 is 0 Å². The molecule has 0 aromatic carbocycles. The Balaban J connectivity index is 2.86. The van der Waals surface area contributed by atoms with Crippen LogP contribution in [0.15, 0.2) is 0 Å². The van der Waals surface area contributed by atoms with Crippen LogP contribution in [0.3, 0.4) is 0 Å². The molecule has 0 aromatic rings. The Morgan fingerprint density at radius 1 is 1.50 bits per heavy atom. The fraction of sp³-hybridized carbons (Fsp3) is 0.667. The summed E-state index contributed by atoms with van der Waals surface area (Å²) in [4.78, 5) is 34.1. The third-order valence-electron chi connectivity index (χ3n) is 2.10.